The Morgan fingerprint density at radius 1 is 1.14 bits per heavy atom. The van der Waals surface area contributed by atoms with Crippen molar-refractivity contribution in [2.45, 2.75) is 26.2 Å². The lowest BCUT2D eigenvalue weighted by Gasteiger charge is -2.16. The molecule has 0 saturated carbocycles. The number of esters is 1. The number of carbonyl (C=O) groups is 3. The number of nitrogens with one attached hydrogen (secondary N) is 1. The molecule has 0 radical (unpaired) electrons. The number of benzene rings is 1. The van der Waals surface area contributed by atoms with Crippen LogP contribution in [0.3, 0.4) is 0 Å². The van der Waals surface area contributed by atoms with Crippen molar-refractivity contribution in [3.8, 4) is 0 Å². The molecule has 21 heavy (non-hydrogen) atoms. The van der Waals surface area contributed by atoms with Crippen molar-refractivity contribution >= 4 is 17.8 Å². The average Bonchev–Trinajstić information content (AvgIpc) is 2.42. The van der Waals surface area contributed by atoms with E-state index in [1.54, 1.807) is 0 Å². The average molecular weight is 297 g/mol. The van der Waals surface area contributed by atoms with Crippen LogP contribution >= 0.6 is 0 Å². The highest BCUT2D eigenvalue weighted by atomic mass is 19.1. The fourth-order valence-electron chi connectivity index (χ4n) is 1.66. The van der Waals surface area contributed by atoms with Gasteiger partial charge < -0.3 is 9.57 Å². The molecule has 1 atom stereocenters. The summed E-state index contributed by atoms with van der Waals surface area (Å²) in [6.07, 6.45) is 0.179. The van der Waals surface area contributed by atoms with E-state index in [0.29, 0.717) is 5.56 Å². The molecule has 6 nitrogen and oxygen atoms in total. The van der Waals surface area contributed by atoms with Gasteiger partial charge in [-0.25, -0.2) is 4.39 Å². The number of ether oxygens (including phenoxy) is 1. The third-order valence-corrected chi connectivity index (χ3v) is 2.60. The Balaban J connectivity index is 2.77. The van der Waals surface area contributed by atoms with Crippen LogP contribution in [0, 0.1) is 5.82 Å². The van der Waals surface area contributed by atoms with Crippen LogP contribution in [-0.2, 0) is 24.0 Å². The molecule has 1 amide bonds. The number of hydrogen-bond acceptors (Lipinski definition) is 5. The van der Waals surface area contributed by atoms with Gasteiger partial charge in [-0.1, -0.05) is 12.1 Å². The minimum absolute atomic E-state index is 0.0187. The second-order valence-electron chi connectivity index (χ2n) is 4.29. The van der Waals surface area contributed by atoms with Crippen LogP contribution in [0.15, 0.2) is 24.3 Å². The van der Waals surface area contributed by atoms with Crippen molar-refractivity contribution in [2.75, 3.05) is 6.61 Å². The predicted molar refractivity (Wildman–Crippen MR) is 70.3 cm³/mol. The third kappa shape index (κ3) is 6.03. The first kappa shape index (κ1) is 16.6. The van der Waals surface area contributed by atoms with Gasteiger partial charge >= 0.3 is 11.9 Å². The van der Waals surface area contributed by atoms with E-state index >= 15 is 0 Å². The van der Waals surface area contributed by atoms with Gasteiger partial charge in [0.15, 0.2) is 0 Å². The fourth-order valence-corrected chi connectivity index (χ4v) is 1.66. The number of halogens is 1. The van der Waals surface area contributed by atoms with E-state index in [0.717, 1.165) is 6.92 Å². The molecular formula is C14H16FNO5. The normalized spacial score (nSPS) is 11.4. The SMILES string of the molecule is CC(=O)OCC[C@@H](C(=O)NOC(C)=O)c1ccc(F)cc1. The van der Waals surface area contributed by atoms with Crippen LogP contribution in [0.5, 0.6) is 0 Å². The van der Waals surface area contributed by atoms with E-state index in [1.165, 1.54) is 31.2 Å². The molecule has 0 aliphatic carbocycles. The summed E-state index contributed by atoms with van der Waals surface area (Å²) in [4.78, 5) is 37.9. The summed E-state index contributed by atoms with van der Waals surface area (Å²) in [5.74, 6) is -2.87. The predicted octanol–water partition coefficient (Wildman–Crippen LogP) is 1.46. The van der Waals surface area contributed by atoms with Gasteiger partial charge in [0.1, 0.15) is 5.82 Å². The summed E-state index contributed by atoms with van der Waals surface area (Å²) in [6.45, 7) is 2.42. The number of rotatable bonds is 5. The van der Waals surface area contributed by atoms with Gasteiger partial charge in [0, 0.05) is 13.8 Å². The minimum Gasteiger partial charge on any atom is -0.466 e. The number of hydrogen-bond donors (Lipinski definition) is 1. The fraction of sp³-hybridized carbons (Fsp3) is 0.357. The van der Waals surface area contributed by atoms with Crippen LogP contribution in [0.2, 0.25) is 0 Å². The molecule has 0 fully saturated rings. The molecule has 1 rings (SSSR count). The van der Waals surface area contributed by atoms with Gasteiger partial charge in [-0.3, -0.25) is 14.4 Å². The summed E-state index contributed by atoms with van der Waals surface area (Å²) >= 11 is 0. The first-order valence-electron chi connectivity index (χ1n) is 6.26. The second-order valence-corrected chi connectivity index (χ2v) is 4.29. The highest BCUT2D eigenvalue weighted by Crippen LogP contribution is 2.20. The van der Waals surface area contributed by atoms with Gasteiger partial charge in [0.25, 0.3) is 5.91 Å². The number of amides is 1. The smallest absolute Gasteiger partial charge is 0.329 e. The van der Waals surface area contributed by atoms with Crippen LogP contribution in [0.4, 0.5) is 4.39 Å². The Morgan fingerprint density at radius 3 is 2.29 bits per heavy atom. The highest BCUT2D eigenvalue weighted by molar-refractivity contribution is 5.84. The summed E-state index contributed by atoms with van der Waals surface area (Å²) in [7, 11) is 0. The second kappa shape index (κ2) is 7.98. The van der Waals surface area contributed by atoms with E-state index in [-0.39, 0.29) is 13.0 Å². The lowest BCUT2D eigenvalue weighted by Crippen LogP contribution is -2.31. The monoisotopic (exact) mass is 297 g/mol. The zero-order valence-corrected chi connectivity index (χ0v) is 11.7. The maximum atomic E-state index is 12.9. The highest BCUT2D eigenvalue weighted by Gasteiger charge is 2.22. The van der Waals surface area contributed by atoms with Gasteiger partial charge in [-0.2, -0.15) is 5.48 Å². The maximum Gasteiger partial charge on any atom is 0.329 e. The molecule has 1 aromatic rings. The van der Waals surface area contributed by atoms with Gasteiger partial charge in [0.2, 0.25) is 0 Å². The molecular weight excluding hydrogens is 281 g/mol. The summed E-state index contributed by atoms with van der Waals surface area (Å²) in [5, 5.41) is 0. The topological polar surface area (TPSA) is 81.7 Å². The lowest BCUT2D eigenvalue weighted by atomic mass is 9.95. The Morgan fingerprint density at radius 2 is 1.76 bits per heavy atom. The first-order valence-corrected chi connectivity index (χ1v) is 6.26. The van der Waals surface area contributed by atoms with E-state index < -0.39 is 29.6 Å². The van der Waals surface area contributed by atoms with Crippen molar-refractivity contribution in [3.05, 3.63) is 35.6 Å². The summed E-state index contributed by atoms with van der Waals surface area (Å²) < 4.78 is 17.7. The maximum absolute atomic E-state index is 12.9. The molecule has 1 N–H and O–H groups in total. The quantitative estimate of drug-likeness (QED) is 0.657. The van der Waals surface area contributed by atoms with E-state index in [2.05, 4.69) is 4.84 Å². The molecule has 0 unspecified atom stereocenters. The Kier molecular flexibility index (Phi) is 6.32. The van der Waals surface area contributed by atoms with E-state index in [9.17, 15) is 18.8 Å². The molecule has 1 aromatic carbocycles. The molecule has 0 aliphatic rings. The first-order chi connectivity index (χ1) is 9.90. The Hall–Kier alpha value is -2.44. The zero-order valence-electron chi connectivity index (χ0n) is 11.7. The zero-order chi connectivity index (χ0) is 15.8. The number of hydroxylamine groups is 1. The molecule has 114 valence electrons. The van der Waals surface area contributed by atoms with Crippen molar-refractivity contribution in [1.82, 2.24) is 5.48 Å². The van der Waals surface area contributed by atoms with Gasteiger partial charge in [-0.05, 0) is 24.1 Å². The standard InChI is InChI=1S/C14H16FNO5/c1-9(17)20-8-7-13(14(19)16-21-10(2)18)11-3-5-12(15)6-4-11/h3-6,13H,7-8H2,1-2H3,(H,16,19)/t13-/m1/s1. The molecule has 0 heterocycles. The minimum atomic E-state index is -0.732. The van der Waals surface area contributed by atoms with Crippen molar-refractivity contribution in [3.63, 3.8) is 0 Å². The molecule has 0 aliphatic heterocycles. The van der Waals surface area contributed by atoms with Crippen molar-refractivity contribution < 1.29 is 28.3 Å². The van der Waals surface area contributed by atoms with E-state index in [4.69, 9.17) is 4.74 Å². The molecule has 0 saturated heterocycles. The van der Waals surface area contributed by atoms with Crippen molar-refractivity contribution in [1.29, 1.82) is 0 Å². The lowest BCUT2D eigenvalue weighted by molar-refractivity contribution is -0.157. The Bertz CT molecular complexity index is 515. The third-order valence-electron chi connectivity index (χ3n) is 2.60. The van der Waals surface area contributed by atoms with Gasteiger partial charge in [-0.15, -0.1) is 0 Å². The van der Waals surface area contributed by atoms with Crippen LogP contribution < -0.4 is 5.48 Å². The van der Waals surface area contributed by atoms with Crippen LogP contribution in [0.25, 0.3) is 0 Å². The van der Waals surface area contributed by atoms with Crippen molar-refractivity contribution in [2.24, 2.45) is 0 Å². The molecule has 0 bridgehead atoms. The number of carbonyl (C=O) groups excluding carboxylic acids is 3. The Labute approximate surface area is 121 Å². The molecule has 0 spiro atoms. The summed E-state index contributed by atoms with van der Waals surface area (Å²) in [6, 6.07) is 5.32. The molecule has 7 heteroatoms. The summed E-state index contributed by atoms with van der Waals surface area (Å²) in [5.41, 5.74) is 2.53. The van der Waals surface area contributed by atoms with Crippen LogP contribution in [0.1, 0.15) is 31.7 Å². The molecule has 0 aromatic heterocycles. The largest absolute Gasteiger partial charge is 0.466 e. The van der Waals surface area contributed by atoms with Crippen LogP contribution in [-0.4, -0.2) is 24.5 Å². The van der Waals surface area contributed by atoms with Gasteiger partial charge in [0.05, 0.1) is 12.5 Å². The van der Waals surface area contributed by atoms with E-state index in [1.807, 2.05) is 5.48 Å².